The molecule has 0 bridgehead atoms. The number of hydrogen-bond acceptors (Lipinski definition) is 7. The van der Waals surface area contributed by atoms with Crippen LogP contribution >= 0.6 is 0 Å². The summed E-state index contributed by atoms with van der Waals surface area (Å²) in [5.41, 5.74) is 6.30. The monoisotopic (exact) mass is 535 g/mol. The number of ether oxygens (including phenoxy) is 1. The van der Waals surface area contributed by atoms with Crippen LogP contribution in [0, 0.1) is 5.92 Å². The predicted molar refractivity (Wildman–Crippen MR) is 143 cm³/mol. The van der Waals surface area contributed by atoms with Crippen molar-refractivity contribution in [2.45, 2.75) is 52.3 Å². The van der Waals surface area contributed by atoms with Gasteiger partial charge in [-0.25, -0.2) is 9.59 Å². The molecule has 0 aliphatic rings. The van der Waals surface area contributed by atoms with Gasteiger partial charge in [-0.05, 0) is 43.5 Å². The molecule has 1 aromatic rings. The SMILES string of the molecule is CNCCN(C)C(=O)OCc1ccc(NC(=O)[C@H](CCCNC(N)=O)NC(=O)[C@@H](NC(C)=O)C(C)C)cc1. The number of carbonyl (C=O) groups excluding carboxylic acids is 5. The molecular formula is C25H41N7O6. The third kappa shape index (κ3) is 12.4. The molecule has 0 aliphatic carbocycles. The summed E-state index contributed by atoms with van der Waals surface area (Å²) >= 11 is 0. The van der Waals surface area contributed by atoms with Crippen molar-refractivity contribution in [3.8, 4) is 0 Å². The van der Waals surface area contributed by atoms with Gasteiger partial charge in [0.25, 0.3) is 0 Å². The zero-order valence-electron chi connectivity index (χ0n) is 22.8. The summed E-state index contributed by atoms with van der Waals surface area (Å²) in [5.74, 6) is -1.52. The summed E-state index contributed by atoms with van der Waals surface area (Å²) in [7, 11) is 3.45. The number of hydrogen-bond donors (Lipinski definition) is 6. The van der Waals surface area contributed by atoms with Gasteiger partial charge in [-0.2, -0.15) is 0 Å². The maximum Gasteiger partial charge on any atom is 0.409 e. The number of anilines is 1. The van der Waals surface area contributed by atoms with Crippen LogP contribution in [0.4, 0.5) is 15.3 Å². The minimum atomic E-state index is -0.930. The van der Waals surface area contributed by atoms with E-state index in [1.807, 2.05) is 0 Å². The van der Waals surface area contributed by atoms with Crippen LogP contribution < -0.4 is 32.3 Å². The molecule has 2 atom stereocenters. The van der Waals surface area contributed by atoms with Crippen LogP contribution in [0.25, 0.3) is 0 Å². The van der Waals surface area contributed by atoms with E-state index in [1.54, 1.807) is 52.2 Å². The van der Waals surface area contributed by atoms with Gasteiger partial charge in [0, 0.05) is 39.3 Å². The van der Waals surface area contributed by atoms with E-state index in [2.05, 4.69) is 26.6 Å². The summed E-state index contributed by atoms with van der Waals surface area (Å²) in [4.78, 5) is 61.9. The van der Waals surface area contributed by atoms with Crippen LogP contribution in [0.1, 0.15) is 39.2 Å². The first-order chi connectivity index (χ1) is 17.9. The number of benzene rings is 1. The molecule has 13 heteroatoms. The van der Waals surface area contributed by atoms with E-state index < -0.39 is 36.0 Å². The van der Waals surface area contributed by atoms with Crippen LogP contribution in [-0.4, -0.2) is 80.6 Å². The first kappa shape index (κ1) is 32.2. The summed E-state index contributed by atoms with van der Waals surface area (Å²) in [5, 5.41) is 13.5. The normalized spacial score (nSPS) is 12.2. The van der Waals surface area contributed by atoms with E-state index in [9.17, 15) is 24.0 Å². The minimum Gasteiger partial charge on any atom is -0.445 e. The second-order valence-electron chi connectivity index (χ2n) is 9.18. The highest BCUT2D eigenvalue weighted by atomic mass is 16.6. The van der Waals surface area contributed by atoms with Gasteiger partial charge < -0.3 is 42.0 Å². The average molecular weight is 536 g/mol. The van der Waals surface area contributed by atoms with E-state index in [-0.39, 0.29) is 31.4 Å². The Labute approximate surface area is 223 Å². The number of likely N-dealkylation sites (N-methyl/N-ethyl adjacent to an activating group) is 2. The highest BCUT2D eigenvalue weighted by molar-refractivity contribution is 5.98. The van der Waals surface area contributed by atoms with Crippen LogP contribution in [0.3, 0.4) is 0 Å². The van der Waals surface area contributed by atoms with Crippen LogP contribution in [0.15, 0.2) is 24.3 Å². The Morgan fingerprint density at radius 1 is 1.00 bits per heavy atom. The van der Waals surface area contributed by atoms with Crippen molar-refractivity contribution in [1.29, 1.82) is 0 Å². The van der Waals surface area contributed by atoms with Gasteiger partial charge in [-0.3, -0.25) is 14.4 Å². The van der Waals surface area contributed by atoms with Crippen LogP contribution in [0.2, 0.25) is 0 Å². The Kier molecular flexibility index (Phi) is 14.2. The van der Waals surface area contributed by atoms with Crippen molar-refractivity contribution in [3.05, 3.63) is 29.8 Å². The molecule has 0 aliphatic heterocycles. The number of carbonyl (C=O) groups is 5. The Hall–Kier alpha value is -3.87. The number of urea groups is 1. The first-order valence-corrected chi connectivity index (χ1v) is 12.5. The van der Waals surface area contributed by atoms with E-state index in [1.165, 1.54) is 11.8 Å². The van der Waals surface area contributed by atoms with Crippen molar-refractivity contribution in [1.82, 2.24) is 26.2 Å². The first-order valence-electron chi connectivity index (χ1n) is 12.5. The van der Waals surface area contributed by atoms with Gasteiger partial charge in [-0.15, -0.1) is 0 Å². The van der Waals surface area contributed by atoms with Gasteiger partial charge in [0.15, 0.2) is 0 Å². The van der Waals surface area contributed by atoms with Crippen molar-refractivity contribution >= 4 is 35.5 Å². The molecule has 0 fully saturated rings. The van der Waals surface area contributed by atoms with E-state index in [4.69, 9.17) is 10.5 Å². The molecule has 0 radical (unpaired) electrons. The van der Waals surface area contributed by atoms with Crippen LogP contribution in [0.5, 0.6) is 0 Å². The van der Waals surface area contributed by atoms with Crippen LogP contribution in [-0.2, 0) is 25.7 Å². The lowest BCUT2D eigenvalue weighted by molar-refractivity contribution is -0.131. The Balaban J connectivity index is 2.82. The van der Waals surface area contributed by atoms with E-state index in [0.29, 0.717) is 25.2 Å². The number of rotatable bonds is 15. The zero-order valence-corrected chi connectivity index (χ0v) is 22.8. The highest BCUT2D eigenvalue weighted by Gasteiger charge is 2.28. The maximum absolute atomic E-state index is 13.0. The molecular weight excluding hydrogens is 494 g/mol. The Morgan fingerprint density at radius 3 is 2.21 bits per heavy atom. The molecule has 212 valence electrons. The predicted octanol–water partition coefficient (Wildman–Crippen LogP) is 0.507. The molecule has 1 rings (SSSR count). The number of nitrogens with two attached hydrogens (primary N) is 1. The smallest absolute Gasteiger partial charge is 0.409 e. The summed E-state index contributed by atoms with van der Waals surface area (Å²) in [6.07, 6.45) is 0.152. The average Bonchev–Trinajstić information content (AvgIpc) is 2.86. The fraction of sp³-hybridized carbons (Fsp3) is 0.560. The lowest BCUT2D eigenvalue weighted by Gasteiger charge is -2.25. The lowest BCUT2D eigenvalue weighted by atomic mass is 10.0. The molecule has 0 spiro atoms. The van der Waals surface area contributed by atoms with Crippen molar-refractivity contribution < 1.29 is 28.7 Å². The van der Waals surface area contributed by atoms with Crippen molar-refractivity contribution in [2.24, 2.45) is 11.7 Å². The number of nitrogens with zero attached hydrogens (tertiary/aromatic N) is 1. The number of nitrogens with one attached hydrogen (secondary N) is 5. The lowest BCUT2D eigenvalue weighted by Crippen LogP contribution is -2.54. The van der Waals surface area contributed by atoms with Gasteiger partial charge in [0.05, 0.1) is 0 Å². The quantitative estimate of drug-likeness (QED) is 0.177. The van der Waals surface area contributed by atoms with Crippen molar-refractivity contribution in [3.63, 3.8) is 0 Å². The standard InChI is InChI=1S/C25H41N7O6/c1-16(2)21(29-17(3)33)23(35)31-20(7-6-12-28-24(26)36)22(34)30-19-10-8-18(9-11-19)15-38-25(37)32(5)14-13-27-4/h8-11,16,20-21,27H,6-7,12-15H2,1-5H3,(H,29,33)(H,30,34)(H,31,35)(H3,26,28,36)/t20-,21-/m0/s1. The Morgan fingerprint density at radius 2 is 1.66 bits per heavy atom. The van der Waals surface area contributed by atoms with E-state index >= 15 is 0 Å². The molecule has 0 heterocycles. The Bertz CT molecular complexity index is 939. The molecule has 13 nitrogen and oxygen atoms in total. The molecule has 0 aromatic heterocycles. The molecule has 6 amide bonds. The van der Waals surface area contributed by atoms with Gasteiger partial charge in [0.2, 0.25) is 17.7 Å². The maximum atomic E-state index is 13.0. The molecule has 1 aromatic carbocycles. The third-order valence-electron chi connectivity index (χ3n) is 5.50. The third-order valence-corrected chi connectivity index (χ3v) is 5.50. The minimum absolute atomic E-state index is 0.0717. The van der Waals surface area contributed by atoms with Gasteiger partial charge >= 0.3 is 12.1 Å². The number of amides is 6. The second-order valence-corrected chi connectivity index (χ2v) is 9.18. The molecule has 7 N–H and O–H groups in total. The number of primary amides is 1. The zero-order chi connectivity index (χ0) is 28.7. The van der Waals surface area contributed by atoms with E-state index in [0.717, 1.165) is 5.56 Å². The highest BCUT2D eigenvalue weighted by Crippen LogP contribution is 2.13. The summed E-state index contributed by atoms with van der Waals surface area (Å²) in [6.45, 7) is 6.34. The van der Waals surface area contributed by atoms with Crippen molar-refractivity contribution in [2.75, 3.05) is 39.0 Å². The molecule has 0 saturated heterocycles. The largest absolute Gasteiger partial charge is 0.445 e. The fourth-order valence-corrected chi connectivity index (χ4v) is 3.34. The topological polar surface area (TPSA) is 184 Å². The molecule has 0 saturated carbocycles. The fourth-order valence-electron chi connectivity index (χ4n) is 3.34. The molecule has 38 heavy (non-hydrogen) atoms. The molecule has 0 unspecified atom stereocenters. The second kappa shape index (κ2) is 16.8. The van der Waals surface area contributed by atoms with Gasteiger partial charge in [0.1, 0.15) is 18.7 Å². The summed E-state index contributed by atoms with van der Waals surface area (Å²) < 4.78 is 5.29. The summed E-state index contributed by atoms with van der Waals surface area (Å²) in [6, 6.07) is 4.32. The van der Waals surface area contributed by atoms with Gasteiger partial charge in [-0.1, -0.05) is 26.0 Å².